The number of aromatic nitrogens is 2. The molecule has 4 rings (SSSR count). The molecule has 2 aliphatic rings. The molecule has 0 amide bonds. The van der Waals surface area contributed by atoms with Crippen molar-refractivity contribution >= 4 is 5.82 Å². The highest BCUT2D eigenvalue weighted by Crippen LogP contribution is 2.39. The van der Waals surface area contributed by atoms with Crippen LogP contribution in [0.5, 0.6) is 5.75 Å². The highest BCUT2D eigenvalue weighted by atomic mass is 19.1. The average Bonchev–Trinajstić information content (AvgIpc) is 2.66. The van der Waals surface area contributed by atoms with Gasteiger partial charge in [0, 0.05) is 22.7 Å². The smallest absolute Gasteiger partial charge is 0.152 e. The number of anilines is 1. The molecule has 1 heterocycles. The van der Waals surface area contributed by atoms with Gasteiger partial charge in [-0.1, -0.05) is 11.8 Å². The first-order valence-corrected chi connectivity index (χ1v) is 9.72. The zero-order valence-corrected chi connectivity index (χ0v) is 15.9. The van der Waals surface area contributed by atoms with Gasteiger partial charge in [-0.2, -0.15) is 0 Å². The second-order valence-electron chi connectivity index (χ2n) is 7.98. The maximum Gasteiger partial charge on any atom is 0.152 e. The zero-order valence-electron chi connectivity index (χ0n) is 15.9. The predicted octanol–water partition coefficient (Wildman–Crippen LogP) is 3.37. The van der Waals surface area contributed by atoms with Crippen LogP contribution in [0.1, 0.15) is 49.3 Å². The van der Waals surface area contributed by atoms with Crippen molar-refractivity contribution in [2.24, 2.45) is 0 Å². The quantitative estimate of drug-likeness (QED) is 0.711. The van der Waals surface area contributed by atoms with Gasteiger partial charge in [-0.05, 0) is 69.2 Å². The number of benzene rings is 1. The van der Waals surface area contributed by atoms with Crippen molar-refractivity contribution in [3.63, 3.8) is 0 Å². The number of phenolic OH excluding ortho intramolecular Hbond substituents is 1. The van der Waals surface area contributed by atoms with E-state index in [1.165, 1.54) is 6.07 Å². The molecule has 0 radical (unpaired) electrons. The van der Waals surface area contributed by atoms with E-state index in [0.717, 1.165) is 42.6 Å². The summed E-state index contributed by atoms with van der Waals surface area (Å²) in [7, 11) is 0. The Kier molecular flexibility index (Phi) is 4.94. The van der Waals surface area contributed by atoms with Crippen LogP contribution in [0.3, 0.4) is 0 Å². The lowest BCUT2D eigenvalue weighted by atomic mass is 9.77. The van der Waals surface area contributed by atoms with Gasteiger partial charge in [-0.3, -0.25) is 0 Å². The maximum atomic E-state index is 12.2. The monoisotopic (exact) mass is 381 g/mol. The Morgan fingerprint density at radius 3 is 2.64 bits per heavy atom. The topological polar surface area (TPSA) is 78.3 Å². The number of aliphatic hydroxyl groups is 1. The highest BCUT2D eigenvalue weighted by molar-refractivity contribution is 5.73. The maximum absolute atomic E-state index is 12.2. The summed E-state index contributed by atoms with van der Waals surface area (Å²) in [6.07, 6.45) is 5.38. The van der Waals surface area contributed by atoms with E-state index in [1.54, 1.807) is 12.1 Å². The predicted molar refractivity (Wildman–Crippen MR) is 106 cm³/mol. The third-order valence-electron chi connectivity index (χ3n) is 5.56. The summed E-state index contributed by atoms with van der Waals surface area (Å²) in [4.78, 5) is 0. The van der Waals surface area contributed by atoms with E-state index in [0.29, 0.717) is 29.7 Å². The van der Waals surface area contributed by atoms with Crippen LogP contribution in [-0.2, 0) is 12.8 Å². The minimum atomic E-state index is -0.716. The van der Waals surface area contributed by atoms with Crippen LogP contribution in [0.25, 0.3) is 11.3 Å². The number of nitrogens with one attached hydrogen (secondary N) is 1. The van der Waals surface area contributed by atoms with Crippen molar-refractivity contribution in [3.05, 3.63) is 34.9 Å². The summed E-state index contributed by atoms with van der Waals surface area (Å²) >= 11 is 0. The molecule has 146 valence electrons. The van der Waals surface area contributed by atoms with Gasteiger partial charge in [-0.15, -0.1) is 10.2 Å². The lowest BCUT2D eigenvalue weighted by Crippen LogP contribution is -2.48. The van der Waals surface area contributed by atoms with E-state index in [1.807, 2.05) is 6.92 Å². The summed E-state index contributed by atoms with van der Waals surface area (Å²) in [5, 5.41) is 32.7. The van der Waals surface area contributed by atoms with Gasteiger partial charge < -0.3 is 15.5 Å². The number of fused-ring (bicyclic) bond motifs is 1. The van der Waals surface area contributed by atoms with E-state index >= 15 is 0 Å². The summed E-state index contributed by atoms with van der Waals surface area (Å²) in [5.74, 6) is 5.90. The van der Waals surface area contributed by atoms with Crippen molar-refractivity contribution < 1.29 is 14.6 Å². The minimum absolute atomic E-state index is 0.0727. The van der Waals surface area contributed by atoms with E-state index in [4.69, 9.17) is 0 Å². The lowest BCUT2D eigenvalue weighted by molar-refractivity contribution is -0.0235. The average molecular weight is 381 g/mol. The van der Waals surface area contributed by atoms with Gasteiger partial charge in [0.2, 0.25) is 0 Å². The second kappa shape index (κ2) is 7.40. The molecule has 0 saturated heterocycles. The first-order valence-electron chi connectivity index (χ1n) is 9.72. The van der Waals surface area contributed by atoms with E-state index in [2.05, 4.69) is 27.4 Å². The minimum Gasteiger partial charge on any atom is -0.507 e. The van der Waals surface area contributed by atoms with Crippen LogP contribution >= 0.6 is 0 Å². The van der Waals surface area contributed by atoms with Crippen molar-refractivity contribution in [3.8, 4) is 28.8 Å². The van der Waals surface area contributed by atoms with Crippen LogP contribution in [0, 0.1) is 11.8 Å². The van der Waals surface area contributed by atoms with Gasteiger partial charge >= 0.3 is 0 Å². The zero-order chi connectivity index (χ0) is 19.7. The van der Waals surface area contributed by atoms with Crippen LogP contribution in [0.4, 0.5) is 10.2 Å². The van der Waals surface area contributed by atoms with Gasteiger partial charge in [-0.25, -0.2) is 4.39 Å². The Morgan fingerprint density at radius 2 is 1.96 bits per heavy atom. The Labute approximate surface area is 164 Å². The highest BCUT2D eigenvalue weighted by Gasteiger charge is 2.39. The summed E-state index contributed by atoms with van der Waals surface area (Å²) in [5.41, 5.74) is 3.56. The lowest BCUT2D eigenvalue weighted by Gasteiger charge is -2.41. The Hall–Kier alpha value is -2.65. The summed E-state index contributed by atoms with van der Waals surface area (Å²) in [6.45, 7) is 1.13. The second-order valence-corrected chi connectivity index (χ2v) is 7.98. The Morgan fingerprint density at radius 1 is 1.21 bits per heavy atom. The molecule has 6 heteroatoms. The van der Waals surface area contributed by atoms with Crippen LogP contribution in [0.15, 0.2) is 18.2 Å². The molecule has 1 aromatic carbocycles. The number of rotatable bonds is 3. The van der Waals surface area contributed by atoms with Crippen LogP contribution in [0.2, 0.25) is 0 Å². The van der Waals surface area contributed by atoms with Gasteiger partial charge in [0.25, 0.3) is 0 Å². The normalized spacial score (nSPS) is 23.2. The van der Waals surface area contributed by atoms with E-state index in [-0.39, 0.29) is 11.8 Å². The first-order chi connectivity index (χ1) is 13.5. The van der Waals surface area contributed by atoms with Gasteiger partial charge in [0.15, 0.2) is 12.5 Å². The Bertz CT molecular complexity index is 954. The molecular weight excluding hydrogens is 357 g/mol. The molecule has 2 aromatic rings. The number of phenols is 1. The molecule has 0 unspecified atom stereocenters. The molecule has 3 N–H and O–H groups in total. The van der Waals surface area contributed by atoms with E-state index < -0.39 is 12.3 Å². The van der Waals surface area contributed by atoms with Gasteiger partial charge in [0.1, 0.15) is 11.4 Å². The standard InChI is InChI=1S/C22H24FN3O2/c1-22(28)12-15(13-22)24-21-17-7-3-2-6-16(17)20(25-26-21)18-9-8-14(5-4-10-23)11-19(18)27/h8-9,11,15,27-28H,2-3,6-7,10,12-13H2,1H3,(H,24,26). The molecule has 0 spiro atoms. The number of nitrogens with zero attached hydrogens (tertiary/aromatic N) is 2. The summed E-state index contributed by atoms with van der Waals surface area (Å²) in [6, 6.07) is 5.28. The van der Waals surface area contributed by atoms with Crippen LogP contribution < -0.4 is 5.32 Å². The third-order valence-corrected chi connectivity index (χ3v) is 5.56. The molecule has 5 nitrogen and oxygen atoms in total. The molecule has 1 fully saturated rings. The van der Waals surface area contributed by atoms with Crippen molar-refractivity contribution in [2.75, 3.05) is 12.0 Å². The Balaban J connectivity index is 1.67. The molecule has 2 aliphatic carbocycles. The van der Waals surface area contributed by atoms with Crippen molar-refractivity contribution in [1.82, 2.24) is 10.2 Å². The molecule has 28 heavy (non-hydrogen) atoms. The number of hydrogen-bond acceptors (Lipinski definition) is 5. The number of hydrogen-bond donors (Lipinski definition) is 3. The van der Waals surface area contributed by atoms with E-state index in [9.17, 15) is 14.6 Å². The van der Waals surface area contributed by atoms with Crippen molar-refractivity contribution in [1.29, 1.82) is 0 Å². The number of aromatic hydroxyl groups is 1. The molecule has 0 bridgehead atoms. The van der Waals surface area contributed by atoms with Gasteiger partial charge in [0.05, 0.1) is 5.60 Å². The molecule has 1 saturated carbocycles. The number of halogens is 1. The van der Waals surface area contributed by atoms with Crippen LogP contribution in [-0.4, -0.2) is 38.7 Å². The largest absolute Gasteiger partial charge is 0.507 e. The summed E-state index contributed by atoms with van der Waals surface area (Å²) < 4.78 is 12.2. The molecule has 1 aromatic heterocycles. The molecule has 0 aliphatic heterocycles. The first kappa shape index (κ1) is 18.7. The number of alkyl halides is 1. The third kappa shape index (κ3) is 3.67. The fourth-order valence-corrected chi connectivity index (χ4v) is 4.22. The molecular formula is C22H24FN3O2. The fourth-order valence-electron chi connectivity index (χ4n) is 4.22. The fraction of sp³-hybridized carbons (Fsp3) is 0.455. The molecule has 0 atom stereocenters. The SMILES string of the molecule is CC1(O)CC(Nc2nnc(-c3ccc(C#CCF)cc3O)c3c2CCCC3)C1. The van der Waals surface area contributed by atoms with Crippen molar-refractivity contribution in [2.45, 2.75) is 57.1 Å².